The molecule has 3 aliphatic rings. The van der Waals surface area contributed by atoms with Crippen LogP contribution in [0.15, 0.2) is 58.6 Å². The molecular formula is C23H21BrO2. The Balaban J connectivity index is 1.73. The fourth-order valence-electron chi connectivity index (χ4n) is 5.23. The second-order valence-electron chi connectivity index (χ2n) is 7.75. The number of halogens is 1. The first-order valence-corrected chi connectivity index (χ1v) is 10.3. The van der Waals surface area contributed by atoms with Gasteiger partial charge in [0.2, 0.25) is 0 Å². The van der Waals surface area contributed by atoms with Gasteiger partial charge in [-0.05, 0) is 54.5 Å². The molecule has 1 aliphatic heterocycles. The van der Waals surface area contributed by atoms with E-state index in [0.717, 1.165) is 54.3 Å². The van der Waals surface area contributed by atoms with Crippen LogP contribution < -0.4 is 0 Å². The van der Waals surface area contributed by atoms with Crippen LogP contribution >= 0.6 is 15.9 Å². The van der Waals surface area contributed by atoms with Gasteiger partial charge in [0, 0.05) is 16.0 Å². The molecule has 0 saturated heterocycles. The monoisotopic (exact) mass is 408 g/mol. The summed E-state index contributed by atoms with van der Waals surface area (Å²) in [5.41, 5.74) is 4.60. The van der Waals surface area contributed by atoms with Crippen molar-refractivity contribution in [3.05, 3.63) is 75.3 Å². The molecule has 2 aromatic rings. The zero-order valence-electron chi connectivity index (χ0n) is 14.6. The molecule has 0 aromatic heterocycles. The molecule has 1 unspecified atom stereocenters. The van der Waals surface area contributed by atoms with E-state index in [-0.39, 0.29) is 17.3 Å². The summed E-state index contributed by atoms with van der Waals surface area (Å²) in [4.78, 5) is 13.3. The van der Waals surface area contributed by atoms with E-state index in [9.17, 15) is 4.79 Å². The molecular weight excluding hydrogens is 388 g/mol. The van der Waals surface area contributed by atoms with Crippen molar-refractivity contribution in [3.8, 4) is 0 Å². The fraction of sp³-hybridized carbons (Fsp3) is 0.348. The average molecular weight is 409 g/mol. The van der Waals surface area contributed by atoms with E-state index in [1.807, 2.05) is 6.07 Å². The number of hydrogen-bond acceptors (Lipinski definition) is 2. The summed E-state index contributed by atoms with van der Waals surface area (Å²) in [6.07, 6.45) is 6.09. The number of ether oxygens (including phenoxy) is 1. The molecule has 2 aromatic carbocycles. The van der Waals surface area contributed by atoms with Crippen molar-refractivity contribution in [1.29, 1.82) is 0 Å². The Morgan fingerprint density at radius 2 is 1.69 bits per heavy atom. The average Bonchev–Trinajstić information content (AvgIpc) is 3.14. The third kappa shape index (κ3) is 2.33. The number of aryl methyl sites for hydroxylation is 1. The zero-order chi connectivity index (χ0) is 17.7. The van der Waals surface area contributed by atoms with Crippen molar-refractivity contribution in [3.63, 3.8) is 0 Å². The summed E-state index contributed by atoms with van der Waals surface area (Å²) < 4.78 is 7.13. The maximum absolute atomic E-state index is 13.3. The van der Waals surface area contributed by atoms with E-state index in [4.69, 9.17) is 4.74 Å². The molecule has 0 bridgehead atoms. The van der Waals surface area contributed by atoms with Crippen LogP contribution in [0, 0.1) is 5.41 Å². The largest absolute Gasteiger partial charge is 0.425 e. The first kappa shape index (κ1) is 16.3. The number of carbonyl (C=O) groups excluding carboxylic acids is 1. The lowest BCUT2D eigenvalue weighted by molar-refractivity contribution is -0.151. The molecule has 1 heterocycles. The minimum atomic E-state index is -0.376. The topological polar surface area (TPSA) is 26.3 Å². The highest BCUT2D eigenvalue weighted by Gasteiger charge is 2.55. The predicted molar refractivity (Wildman–Crippen MR) is 106 cm³/mol. The van der Waals surface area contributed by atoms with Crippen LogP contribution in [0.2, 0.25) is 0 Å². The lowest BCUT2D eigenvalue weighted by atomic mass is 9.63. The number of allylic oxidation sites excluding steroid dienone is 1. The summed E-state index contributed by atoms with van der Waals surface area (Å²) in [6, 6.07) is 16.9. The standard InChI is InChI=1S/C23H21BrO2/c24-17-10-7-16(8-11-17)20-19-12-9-15-5-1-2-6-18(15)21(19)26-22(25)23(20)13-3-4-14-23/h1-2,5-8,10-11,20H,3-4,9,12-14H2. The molecule has 3 heteroatoms. The van der Waals surface area contributed by atoms with Crippen LogP contribution in [-0.4, -0.2) is 5.97 Å². The number of hydrogen-bond donors (Lipinski definition) is 0. The number of rotatable bonds is 1. The van der Waals surface area contributed by atoms with Gasteiger partial charge in [-0.25, -0.2) is 0 Å². The summed E-state index contributed by atoms with van der Waals surface area (Å²) >= 11 is 3.54. The third-order valence-corrected chi connectivity index (χ3v) is 6.95. The molecule has 0 N–H and O–H groups in total. The highest BCUT2D eigenvalue weighted by atomic mass is 79.9. The Morgan fingerprint density at radius 3 is 2.46 bits per heavy atom. The zero-order valence-corrected chi connectivity index (χ0v) is 16.2. The van der Waals surface area contributed by atoms with Gasteiger partial charge in [-0.1, -0.05) is 65.2 Å². The van der Waals surface area contributed by atoms with E-state index < -0.39 is 0 Å². The summed E-state index contributed by atoms with van der Waals surface area (Å²) in [5, 5.41) is 0. The van der Waals surface area contributed by atoms with Crippen LogP contribution in [0.25, 0.3) is 5.76 Å². The Bertz CT molecular complexity index is 904. The van der Waals surface area contributed by atoms with Crippen molar-refractivity contribution < 1.29 is 9.53 Å². The molecule has 1 saturated carbocycles. The lowest BCUT2D eigenvalue weighted by Gasteiger charge is -2.43. The van der Waals surface area contributed by atoms with Crippen LogP contribution in [0.1, 0.15) is 54.7 Å². The predicted octanol–water partition coefficient (Wildman–Crippen LogP) is 6.01. The Morgan fingerprint density at radius 1 is 0.962 bits per heavy atom. The first-order chi connectivity index (χ1) is 12.7. The van der Waals surface area contributed by atoms with Gasteiger partial charge in [0.05, 0.1) is 5.41 Å². The van der Waals surface area contributed by atoms with Gasteiger partial charge in [0.15, 0.2) is 0 Å². The minimum absolute atomic E-state index is 0.0154. The van der Waals surface area contributed by atoms with Gasteiger partial charge in [-0.3, -0.25) is 4.79 Å². The number of carbonyl (C=O) groups is 1. The Kier molecular flexibility index (Phi) is 3.82. The van der Waals surface area contributed by atoms with E-state index in [2.05, 4.69) is 58.4 Å². The quantitative estimate of drug-likeness (QED) is 0.540. The number of esters is 1. The van der Waals surface area contributed by atoms with Gasteiger partial charge in [0.25, 0.3) is 0 Å². The molecule has 2 nitrogen and oxygen atoms in total. The fourth-order valence-corrected chi connectivity index (χ4v) is 5.50. The maximum atomic E-state index is 13.3. The Labute approximate surface area is 162 Å². The van der Waals surface area contributed by atoms with E-state index in [0.29, 0.717) is 0 Å². The first-order valence-electron chi connectivity index (χ1n) is 9.48. The smallest absolute Gasteiger partial charge is 0.318 e. The highest BCUT2D eigenvalue weighted by molar-refractivity contribution is 9.10. The lowest BCUT2D eigenvalue weighted by Crippen LogP contribution is -2.41. The molecule has 5 rings (SSSR count). The molecule has 1 spiro atoms. The minimum Gasteiger partial charge on any atom is -0.425 e. The molecule has 1 atom stereocenters. The van der Waals surface area contributed by atoms with Crippen molar-refractivity contribution in [2.45, 2.75) is 44.4 Å². The van der Waals surface area contributed by atoms with Gasteiger partial charge in [0.1, 0.15) is 5.76 Å². The van der Waals surface area contributed by atoms with Gasteiger partial charge < -0.3 is 4.74 Å². The van der Waals surface area contributed by atoms with Crippen molar-refractivity contribution in [2.75, 3.05) is 0 Å². The molecule has 2 aliphatic carbocycles. The van der Waals surface area contributed by atoms with Crippen LogP contribution in [0.3, 0.4) is 0 Å². The molecule has 0 amide bonds. The number of benzene rings is 2. The third-order valence-electron chi connectivity index (χ3n) is 6.42. The maximum Gasteiger partial charge on any atom is 0.318 e. The molecule has 132 valence electrons. The van der Waals surface area contributed by atoms with E-state index in [1.54, 1.807) is 0 Å². The van der Waals surface area contributed by atoms with Gasteiger partial charge >= 0.3 is 5.97 Å². The molecule has 1 fully saturated rings. The van der Waals surface area contributed by atoms with Crippen LogP contribution in [0.4, 0.5) is 0 Å². The van der Waals surface area contributed by atoms with Crippen LogP contribution in [0.5, 0.6) is 0 Å². The van der Waals surface area contributed by atoms with E-state index in [1.165, 1.54) is 16.7 Å². The Hall–Kier alpha value is -1.87. The van der Waals surface area contributed by atoms with Crippen molar-refractivity contribution in [2.24, 2.45) is 5.41 Å². The summed E-state index contributed by atoms with van der Waals surface area (Å²) in [6.45, 7) is 0. The number of fused-ring (bicyclic) bond motifs is 2. The van der Waals surface area contributed by atoms with Crippen molar-refractivity contribution in [1.82, 2.24) is 0 Å². The second-order valence-corrected chi connectivity index (χ2v) is 8.66. The SMILES string of the molecule is O=C1OC2=C(CCc3ccccc32)C(c2ccc(Br)cc2)C12CCCC2. The normalized spacial score (nSPS) is 23.6. The summed E-state index contributed by atoms with van der Waals surface area (Å²) in [7, 11) is 0. The summed E-state index contributed by atoms with van der Waals surface area (Å²) in [5.74, 6) is 0.961. The van der Waals surface area contributed by atoms with Gasteiger partial charge in [-0.2, -0.15) is 0 Å². The van der Waals surface area contributed by atoms with Crippen LogP contribution in [-0.2, 0) is 16.0 Å². The molecule has 26 heavy (non-hydrogen) atoms. The highest BCUT2D eigenvalue weighted by Crippen LogP contribution is 2.59. The van der Waals surface area contributed by atoms with Gasteiger partial charge in [-0.15, -0.1) is 0 Å². The van der Waals surface area contributed by atoms with E-state index >= 15 is 0 Å². The molecule has 0 radical (unpaired) electrons. The second kappa shape index (κ2) is 6.09. The van der Waals surface area contributed by atoms with Crippen molar-refractivity contribution >= 4 is 27.7 Å².